The summed E-state index contributed by atoms with van der Waals surface area (Å²) in [6.07, 6.45) is -4.73. The fourth-order valence-electron chi connectivity index (χ4n) is 1.50. The lowest BCUT2D eigenvalue weighted by Crippen LogP contribution is -2.40. The second-order valence-corrected chi connectivity index (χ2v) is 3.85. The monoisotopic (exact) mass is 258 g/mol. The lowest BCUT2D eigenvalue weighted by Gasteiger charge is -2.17. The number of rotatable bonds is 6. The molecule has 2 atom stereocenters. The summed E-state index contributed by atoms with van der Waals surface area (Å²) in [4.78, 5) is 11.8. The molecule has 1 rings (SSSR count). The van der Waals surface area contributed by atoms with Crippen LogP contribution in [-0.4, -0.2) is 36.6 Å². The molecule has 0 radical (unpaired) electrons. The molecule has 0 bridgehead atoms. The molecule has 0 aliphatic rings. The van der Waals surface area contributed by atoms with E-state index < -0.39 is 30.9 Å². The molecule has 0 aromatic heterocycles. The highest BCUT2D eigenvalue weighted by molar-refractivity contribution is 5.83. The molecule has 0 heterocycles. The van der Waals surface area contributed by atoms with Gasteiger partial charge in [-0.1, -0.05) is 30.3 Å². The van der Waals surface area contributed by atoms with Crippen LogP contribution in [0.3, 0.4) is 0 Å². The van der Waals surface area contributed by atoms with Crippen molar-refractivity contribution in [2.45, 2.75) is 18.4 Å². The van der Waals surface area contributed by atoms with Gasteiger partial charge >= 0.3 is 0 Å². The molecule has 0 saturated carbocycles. The van der Waals surface area contributed by atoms with Gasteiger partial charge in [-0.05, 0) is 5.56 Å². The first-order valence-corrected chi connectivity index (χ1v) is 5.55. The first-order chi connectivity index (χ1) is 8.56. The summed E-state index contributed by atoms with van der Waals surface area (Å²) in [7, 11) is 0. The minimum Gasteiger partial charge on any atom is -0.385 e. The molecular weight excluding hydrogens is 242 g/mol. The Bertz CT molecular complexity index is 374. The van der Waals surface area contributed by atoms with Crippen LogP contribution in [0.15, 0.2) is 30.3 Å². The summed E-state index contributed by atoms with van der Waals surface area (Å²) in [6.45, 7) is -0.416. The molecule has 18 heavy (non-hydrogen) atoms. The van der Waals surface area contributed by atoms with Crippen LogP contribution in [0.2, 0.25) is 0 Å². The Morgan fingerprint density at radius 1 is 1.33 bits per heavy atom. The van der Waals surface area contributed by atoms with E-state index in [0.29, 0.717) is 5.56 Å². The van der Waals surface area contributed by atoms with Gasteiger partial charge in [-0.25, -0.2) is 8.78 Å². The number of amides is 1. The van der Waals surface area contributed by atoms with Crippen LogP contribution >= 0.6 is 0 Å². The third kappa shape index (κ3) is 4.05. The number of carbonyl (C=O) groups excluding carboxylic acids is 1. The fourth-order valence-corrected chi connectivity index (χ4v) is 1.50. The second-order valence-electron chi connectivity index (χ2n) is 3.85. The summed E-state index contributed by atoms with van der Waals surface area (Å²) >= 11 is 0. The Kier molecular flexibility index (Phi) is 5.67. The number of benzene rings is 1. The van der Waals surface area contributed by atoms with Crippen LogP contribution in [0.25, 0.3) is 0 Å². The van der Waals surface area contributed by atoms with Crippen molar-refractivity contribution in [2.24, 2.45) is 5.73 Å². The third-order valence-electron chi connectivity index (χ3n) is 2.53. The molecule has 0 aliphatic heterocycles. The van der Waals surface area contributed by atoms with Gasteiger partial charge in [0.2, 0.25) is 5.91 Å². The van der Waals surface area contributed by atoms with Crippen molar-refractivity contribution in [2.75, 3.05) is 13.1 Å². The number of nitrogens with two attached hydrogens (primary N) is 1. The standard InChI is InChI=1S/C12H16F2N2O2/c13-11(14)10(17)7-16-12(18)9(6-15)8-4-2-1-3-5-8/h1-5,9-11,17H,6-7,15H2,(H,16,18). The summed E-state index contributed by atoms with van der Waals surface area (Å²) in [6, 6.07) is 8.80. The van der Waals surface area contributed by atoms with Gasteiger partial charge in [-0.3, -0.25) is 4.79 Å². The van der Waals surface area contributed by atoms with Gasteiger partial charge in [0.25, 0.3) is 6.43 Å². The number of halogens is 2. The van der Waals surface area contributed by atoms with Crippen molar-refractivity contribution in [3.8, 4) is 0 Å². The first-order valence-electron chi connectivity index (χ1n) is 5.55. The van der Waals surface area contributed by atoms with E-state index in [0.717, 1.165) is 0 Å². The van der Waals surface area contributed by atoms with Crippen LogP contribution < -0.4 is 11.1 Å². The molecule has 0 aliphatic carbocycles. The Labute approximate surface area is 104 Å². The van der Waals surface area contributed by atoms with E-state index in [1.165, 1.54) is 0 Å². The highest BCUT2D eigenvalue weighted by atomic mass is 19.3. The van der Waals surface area contributed by atoms with Gasteiger partial charge in [0.1, 0.15) is 6.10 Å². The van der Waals surface area contributed by atoms with Crippen LogP contribution in [0, 0.1) is 0 Å². The molecule has 1 amide bonds. The maximum Gasteiger partial charge on any atom is 0.265 e. The molecule has 4 nitrogen and oxygen atoms in total. The molecule has 0 saturated heterocycles. The van der Waals surface area contributed by atoms with E-state index >= 15 is 0 Å². The zero-order chi connectivity index (χ0) is 13.5. The van der Waals surface area contributed by atoms with Crippen molar-refractivity contribution >= 4 is 5.91 Å². The van der Waals surface area contributed by atoms with Crippen LogP contribution in [0.1, 0.15) is 11.5 Å². The number of aliphatic hydroxyl groups is 1. The number of nitrogens with one attached hydrogen (secondary N) is 1. The van der Waals surface area contributed by atoms with E-state index in [1.54, 1.807) is 30.3 Å². The van der Waals surface area contributed by atoms with Crippen molar-refractivity contribution < 1.29 is 18.7 Å². The number of carbonyl (C=O) groups is 1. The highest BCUT2D eigenvalue weighted by Crippen LogP contribution is 2.14. The molecule has 4 N–H and O–H groups in total. The lowest BCUT2D eigenvalue weighted by molar-refractivity contribution is -0.123. The maximum atomic E-state index is 12.1. The zero-order valence-corrected chi connectivity index (χ0v) is 9.72. The Hall–Kier alpha value is -1.53. The number of hydrogen-bond donors (Lipinski definition) is 3. The van der Waals surface area contributed by atoms with Gasteiger partial charge in [0.15, 0.2) is 0 Å². The van der Waals surface area contributed by atoms with Crippen LogP contribution in [0.4, 0.5) is 8.78 Å². The molecule has 2 unspecified atom stereocenters. The summed E-state index contributed by atoms with van der Waals surface area (Å²) in [5.74, 6) is -1.07. The van der Waals surface area contributed by atoms with Gasteiger partial charge in [-0.15, -0.1) is 0 Å². The van der Waals surface area contributed by atoms with Gasteiger partial charge < -0.3 is 16.2 Å². The minimum absolute atomic E-state index is 0.0701. The van der Waals surface area contributed by atoms with E-state index in [2.05, 4.69) is 5.32 Å². The average molecular weight is 258 g/mol. The van der Waals surface area contributed by atoms with Crippen molar-refractivity contribution in [1.29, 1.82) is 0 Å². The number of aliphatic hydroxyl groups excluding tert-OH is 1. The van der Waals surface area contributed by atoms with E-state index in [9.17, 15) is 13.6 Å². The van der Waals surface area contributed by atoms with E-state index in [-0.39, 0.29) is 6.54 Å². The first kappa shape index (κ1) is 14.5. The molecule has 0 spiro atoms. The summed E-state index contributed by atoms with van der Waals surface area (Å²) < 4.78 is 24.1. The van der Waals surface area contributed by atoms with E-state index in [1.807, 2.05) is 0 Å². The van der Waals surface area contributed by atoms with Gasteiger partial charge in [-0.2, -0.15) is 0 Å². The largest absolute Gasteiger partial charge is 0.385 e. The highest BCUT2D eigenvalue weighted by Gasteiger charge is 2.22. The average Bonchev–Trinajstić information content (AvgIpc) is 2.38. The lowest BCUT2D eigenvalue weighted by atomic mass is 9.98. The Morgan fingerprint density at radius 3 is 2.44 bits per heavy atom. The quantitative estimate of drug-likeness (QED) is 0.694. The van der Waals surface area contributed by atoms with Gasteiger partial charge in [0.05, 0.1) is 5.92 Å². The third-order valence-corrected chi connectivity index (χ3v) is 2.53. The summed E-state index contributed by atoms with van der Waals surface area (Å²) in [5, 5.41) is 11.2. The van der Waals surface area contributed by atoms with E-state index in [4.69, 9.17) is 10.8 Å². The summed E-state index contributed by atoms with van der Waals surface area (Å²) in [5.41, 5.74) is 6.21. The molecular formula is C12H16F2N2O2. The van der Waals surface area contributed by atoms with Crippen molar-refractivity contribution in [1.82, 2.24) is 5.32 Å². The molecule has 6 heteroatoms. The predicted molar refractivity (Wildman–Crippen MR) is 63.3 cm³/mol. The van der Waals surface area contributed by atoms with Gasteiger partial charge in [0, 0.05) is 13.1 Å². The fraction of sp³-hybridized carbons (Fsp3) is 0.417. The smallest absolute Gasteiger partial charge is 0.265 e. The SMILES string of the molecule is NCC(C(=O)NCC(O)C(F)F)c1ccccc1. The number of hydrogen-bond acceptors (Lipinski definition) is 3. The number of alkyl halides is 2. The van der Waals surface area contributed by atoms with Crippen LogP contribution in [0.5, 0.6) is 0 Å². The predicted octanol–water partition coefficient (Wildman–Crippen LogP) is 0.471. The van der Waals surface area contributed by atoms with Crippen molar-refractivity contribution in [3.63, 3.8) is 0 Å². The molecule has 100 valence electrons. The normalized spacial score (nSPS) is 14.3. The second kappa shape index (κ2) is 7.03. The minimum atomic E-state index is -2.88. The van der Waals surface area contributed by atoms with Crippen LogP contribution in [-0.2, 0) is 4.79 Å². The van der Waals surface area contributed by atoms with Crippen molar-refractivity contribution in [3.05, 3.63) is 35.9 Å². The maximum absolute atomic E-state index is 12.1. The Morgan fingerprint density at radius 2 is 1.94 bits per heavy atom. The zero-order valence-electron chi connectivity index (χ0n) is 9.72. The molecule has 0 fully saturated rings. The Balaban J connectivity index is 2.59. The topological polar surface area (TPSA) is 75.4 Å². The molecule has 1 aromatic carbocycles. The molecule has 1 aromatic rings.